The molecule has 2 aliphatic heterocycles. The highest BCUT2D eigenvalue weighted by Crippen LogP contribution is 2.42. The molecule has 0 radical (unpaired) electrons. The zero-order valence-corrected chi connectivity index (χ0v) is 23.7. The van der Waals surface area contributed by atoms with Crippen LogP contribution >= 0.6 is 0 Å². The van der Waals surface area contributed by atoms with Gasteiger partial charge in [0.25, 0.3) is 12.9 Å². The Kier molecular flexibility index (Phi) is 8.69. The monoisotopic (exact) mass is 583 g/mol. The van der Waals surface area contributed by atoms with E-state index in [0.29, 0.717) is 48.5 Å². The molecule has 0 spiro atoms. The number of hydrogen-bond acceptors (Lipinski definition) is 14. The number of piperidine rings is 1. The lowest BCUT2D eigenvalue weighted by Crippen LogP contribution is -2.34. The largest absolute Gasteiger partial charge is 0.457 e. The summed E-state index contributed by atoms with van der Waals surface area (Å²) in [4.78, 5) is 41.2. The summed E-state index contributed by atoms with van der Waals surface area (Å²) in [6.07, 6.45) is 5.81. The van der Waals surface area contributed by atoms with Crippen molar-refractivity contribution in [3.8, 4) is 0 Å². The van der Waals surface area contributed by atoms with Crippen molar-refractivity contribution in [1.82, 2.24) is 44.6 Å². The van der Waals surface area contributed by atoms with E-state index in [1.165, 1.54) is 24.1 Å². The molecule has 1 saturated carbocycles. The molecule has 0 aromatic carbocycles. The Labute approximate surface area is 242 Å². The van der Waals surface area contributed by atoms with Crippen LogP contribution in [0.5, 0.6) is 0 Å². The first kappa shape index (κ1) is 28.2. The van der Waals surface area contributed by atoms with E-state index in [-0.39, 0.29) is 12.3 Å². The van der Waals surface area contributed by atoms with Crippen LogP contribution in [0.3, 0.4) is 0 Å². The van der Waals surface area contributed by atoms with Crippen LogP contribution in [-0.2, 0) is 30.3 Å². The fourth-order valence-electron chi connectivity index (χ4n) is 6.05. The maximum Gasteiger partial charge on any atom is 0.293 e. The zero-order valence-electron chi connectivity index (χ0n) is 23.7. The predicted molar refractivity (Wildman–Crippen MR) is 148 cm³/mol. The van der Waals surface area contributed by atoms with Gasteiger partial charge >= 0.3 is 0 Å². The highest BCUT2D eigenvalue weighted by molar-refractivity contribution is 5.84. The van der Waals surface area contributed by atoms with Gasteiger partial charge in [0.15, 0.2) is 41.5 Å². The number of hydrogen-bond donors (Lipinski definition) is 2. The number of rotatable bonds is 13. The van der Waals surface area contributed by atoms with Gasteiger partial charge in [0.1, 0.15) is 0 Å². The van der Waals surface area contributed by atoms with Crippen molar-refractivity contribution in [3.63, 3.8) is 0 Å². The lowest BCUT2D eigenvalue weighted by molar-refractivity contribution is -0.151. The van der Waals surface area contributed by atoms with E-state index in [4.69, 9.17) is 24.2 Å². The SMILES string of the molecule is CCn1nnc([C@H]2O[C@@H](n3cnc4c(NC5CCCC5)nc(NCCN5CCCCC5)nc43)[C@H](OC=O)[C@@H]2OC=O)n1. The van der Waals surface area contributed by atoms with Crippen molar-refractivity contribution in [2.75, 3.05) is 36.8 Å². The Balaban J connectivity index is 1.33. The Morgan fingerprint density at radius 2 is 1.83 bits per heavy atom. The number of likely N-dealkylation sites (tertiary alicyclic amines) is 1. The summed E-state index contributed by atoms with van der Waals surface area (Å²) in [5.74, 6) is 1.28. The van der Waals surface area contributed by atoms with Crippen LogP contribution < -0.4 is 10.6 Å². The third kappa shape index (κ3) is 5.86. The number of carbonyl (C=O) groups excluding carboxylic acids is 2. The summed E-state index contributed by atoms with van der Waals surface area (Å²) in [6, 6.07) is 0.297. The molecule has 1 aliphatic carbocycles. The molecule has 4 atom stereocenters. The number of ether oxygens (including phenoxy) is 3. The summed E-state index contributed by atoms with van der Waals surface area (Å²) < 4.78 is 18.8. The molecule has 2 N–H and O–H groups in total. The Morgan fingerprint density at radius 1 is 1.05 bits per heavy atom. The minimum atomic E-state index is -1.03. The van der Waals surface area contributed by atoms with Crippen molar-refractivity contribution < 1.29 is 23.8 Å². The number of nitrogens with one attached hydrogen (secondary N) is 2. The van der Waals surface area contributed by atoms with E-state index in [1.807, 2.05) is 6.92 Å². The Hall–Kier alpha value is -3.92. The van der Waals surface area contributed by atoms with Crippen LogP contribution in [0.15, 0.2) is 6.33 Å². The number of nitrogens with zero attached hydrogens (tertiary/aromatic N) is 9. The van der Waals surface area contributed by atoms with Crippen molar-refractivity contribution in [2.24, 2.45) is 0 Å². The molecule has 5 heterocycles. The molecule has 3 fully saturated rings. The van der Waals surface area contributed by atoms with Gasteiger partial charge < -0.3 is 29.7 Å². The number of carbonyl (C=O) groups is 2. The molecule has 3 aromatic heterocycles. The lowest BCUT2D eigenvalue weighted by atomic mass is 10.1. The summed E-state index contributed by atoms with van der Waals surface area (Å²) in [6.45, 7) is 6.74. The molecule has 0 bridgehead atoms. The molecule has 6 rings (SSSR count). The first-order chi connectivity index (χ1) is 20.7. The molecular weight excluding hydrogens is 546 g/mol. The standard InChI is InChI=1S/C26H37N11O5/c1-2-37-33-23(32-34-37)20-19(40-15-38)21(41-16-39)25(42-20)36-14-28-18-22(29-17-8-4-5-9-17)30-26(31-24(18)36)27-10-13-35-11-6-3-7-12-35/h14-17,19-21,25H,2-13H2,1H3,(H2,27,29,30,31)/t19-,20+,21-,25-/m1/s1. The van der Waals surface area contributed by atoms with Gasteiger partial charge in [-0.05, 0) is 50.9 Å². The van der Waals surface area contributed by atoms with Crippen LogP contribution in [0.4, 0.5) is 11.8 Å². The Morgan fingerprint density at radius 3 is 2.57 bits per heavy atom. The summed E-state index contributed by atoms with van der Waals surface area (Å²) in [5, 5.41) is 19.4. The molecule has 0 amide bonds. The fourth-order valence-corrected chi connectivity index (χ4v) is 6.05. The van der Waals surface area contributed by atoms with Crippen molar-refractivity contribution in [3.05, 3.63) is 12.2 Å². The number of tetrazole rings is 1. The van der Waals surface area contributed by atoms with Crippen LogP contribution in [0.25, 0.3) is 11.2 Å². The van der Waals surface area contributed by atoms with Crippen LogP contribution in [0.1, 0.15) is 70.0 Å². The number of anilines is 2. The van der Waals surface area contributed by atoms with Crippen molar-refractivity contribution >= 4 is 35.9 Å². The summed E-state index contributed by atoms with van der Waals surface area (Å²) in [5.41, 5.74) is 1.04. The smallest absolute Gasteiger partial charge is 0.293 e. The zero-order chi connectivity index (χ0) is 28.9. The van der Waals surface area contributed by atoms with Gasteiger partial charge in [-0.2, -0.15) is 14.8 Å². The van der Waals surface area contributed by atoms with Gasteiger partial charge in [0.2, 0.25) is 11.8 Å². The Bertz CT molecular complexity index is 1350. The molecular formula is C26H37N11O5. The van der Waals surface area contributed by atoms with Gasteiger partial charge in [0, 0.05) is 19.1 Å². The minimum Gasteiger partial charge on any atom is -0.457 e. The molecule has 16 heteroatoms. The number of imidazole rings is 1. The molecule has 42 heavy (non-hydrogen) atoms. The molecule has 3 aliphatic rings. The van der Waals surface area contributed by atoms with Crippen molar-refractivity contribution in [1.29, 1.82) is 0 Å². The molecule has 3 aromatic rings. The highest BCUT2D eigenvalue weighted by atomic mass is 16.6. The third-order valence-corrected chi connectivity index (χ3v) is 8.17. The van der Waals surface area contributed by atoms with Crippen LogP contribution in [0, 0.1) is 0 Å². The van der Waals surface area contributed by atoms with E-state index >= 15 is 0 Å². The van der Waals surface area contributed by atoms with Gasteiger partial charge in [-0.15, -0.1) is 10.2 Å². The predicted octanol–water partition coefficient (Wildman–Crippen LogP) is 1.44. The van der Waals surface area contributed by atoms with Crippen LogP contribution in [-0.4, -0.2) is 102 Å². The molecule has 2 saturated heterocycles. The summed E-state index contributed by atoms with van der Waals surface area (Å²) >= 11 is 0. The second-order valence-corrected chi connectivity index (χ2v) is 10.9. The fraction of sp³-hybridized carbons (Fsp3) is 0.692. The van der Waals surface area contributed by atoms with E-state index in [0.717, 1.165) is 45.3 Å². The minimum absolute atomic E-state index is 0.202. The summed E-state index contributed by atoms with van der Waals surface area (Å²) in [7, 11) is 0. The van der Waals surface area contributed by atoms with Gasteiger partial charge in [-0.25, -0.2) is 4.98 Å². The number of aromatic nitrogens is 8. The van der Waals surface area contributed by atoms with E-state index in [9.17, 15) is 9.59 Å². The first-order valence-electron chi connectivity index (χ1n) is 14.8. The van der Waals surface area contributed by atoms with Crippen LogP contribution in [0.2, 0.25) is 0 Å². The molecule has 0 unspecified atom stereocenters. The van der Waals surface area contributed by atoms with Gasteiger partial charge in [-0.3, -0.25) is 14.2 Å². The van der Waals surface area contributed by atoms with Gasteiger partial charge in [-0.1, -0.05) is 19.3 Å². The number of fused-ring (bicyclic) bond motifs is 1. The second-order valence-electron chi connectivity index (χ2n) is 10.9. The van der Waals surface area contributed by atoms with E-state index in [2.05, 4.69) is 35.9 Å². The lowest BCUT2D eigenvalue weighted by Gasteiger charge is -2.26. The average Bonchev–Trinajstić information content (AvgIpc) is 3.82. The second kappa shape index (κ2) is 12.9. The van der Waals surface area contributed by atoms with Gasteiger partial charge in [0.05, 0.1) is 12.9 Å². The van der Waals surface area contributed by atoms with E-state index in [1.54, 1.807) is 10.9 Å². The normalized spacial score (nSPS) is 25.1. The average molecular weight is 584 g/mol. The molecule has 226 valence electrons. The van der Waals surface area contributed by atoms with Crippen molar-refractivity contribution in [2.45, 2.75) is 89.0 Å². The molecule has 16 nitrogen and oxygen atoms in total. The maximum atomic E-state index is 11.6. The topological polar surface area (TPSA) is 176 Å². The third-order valence-electron chi connectivity index (χ3n) is 8.17. The van der Waals surface area contributed by atoms with E-state index < -0.39 is 24.5 Å². The maximum absolute atomic E-state index is 11.6. The number of aryl methyl sites for hydroxylation is 1. The highest BCUT2D eigenvalue weighted by Gasteiger charge is 2.52. The quantitative estimate of drug-likeness (QED) is 0.276. The first-order valence-corrected chi connectivity index (χ1v) is 14.8.